The highest BCUT2D eigenvalue weighted by atomic mass is 16.5. The normalized spacial score (nSPS) is 24.1. The summed E-state index contributed by atoms with van der Waals surface area (Å²) < 4.78 is 4.98. The Morgan fingerprint density at radius 1 is 1.60 bits per heavy atom. The predicted molar refractivity (Wildman–Crippen MR) is 57.2 cm³/mol. The third kappa shape index (κ3) is 3.49. The van der Waals surface area contributed by atoms with Gasteiger partial charge in [-0.05, 0) is 19.3 Å². The van der Waals surface area contributed by atoms with Crippen LogP contribution in [-0.4, -0.2) is 19.5 Å². The molecule has 3 nitrogen and oxygen atoms in total. The van der Waals surface area contributed by atoms with Gasteiger partial charge in [-0.2, -0.15) is 5.26 Å². The average Bonchev–Trinajstić information content (AvgIpc) is 2.25. The quantitative estimate of drug-likeness (QED) is 0.664. The van der Waals surface area contributed by atoms with Gasteiger partial charge in [-0.15, -0.1) is 0 Å². The van der Waals surface area contributed by atoms with Crippen molar-refractivity contribution >= 4 is 5.78 Å². The number of hydrogen-bond acceptors (Lipinski definition) is 3. The van der Waals surface area contributed by atoms with Crippen molar-refractivity contribution in [3.05, 3.63) is 11.6 Å². The van der Waals surface area contributed by atoms with Crippen LogP contribution in [0.25, 0.3) is 0 Å². The third-order valence-electron chi connectivity index (χ3n) is 2.78. The summed E-state index contributed by atoms with van der Waals surface area (Å²) in [6.45, 7) is 0.561. The van der Waals surface area contributed by atoms with Crippen molar-refractivity contribution in [2.24, 2.45) is 5.92 Å². The molecule has 1 rings (SSSR count). The topological polar surface area (TPSA) is 50.1 Å². The molecule has 1 aliphatic rings. The minimum atomic E-state index is -0.0199. The van der Waals surface area contributed by atoms with Gasteiger partial charge in [-0.1, -0.05) is 11.6 Å². The number of carbonyl (C=O) groups excluding carboxylic acids is 1. The first-order valence-corrected chi connectivity index (χ1v) is 5.37. The summed E-state index contributed by atoms with van der Waals surface area (Å²) in [7, 11) is 1.64. The van der Waals surface area contributed by atoms with E-state index in [9.17, 15) is 4.79 Å². The smallest absolute Gasteiger partial charge is 0.140 e. The highest BCUT2D eigenvalue weighted by molar-refractivity contribution is 5.84. The molecule has 0 aromatic carbocycles. The van der Waals surface area contributed by atoms with Crippen LogP contribution in [0, 0.1) is 17.2 Å². The molecule has 0 amide bonds. The van der Waals surface area contributed by atoms with E-state index in [0.717, 1.165) is 12.8 Å². The lowest BCUT2D eigenvalue weighted by molar-refractivity contribution is -0.122. The van der Waals surface area contributed by atoms with Crippen LogP contribution in [0.5, 0.6) is 0 Å². The number of rotatable bonds is 4. The summed E-state index contributed by atoms with van der Waals surface area (Å²) in [6.07, 6.45) is 5.72. The Hall–Kier alpha value is -1.14. The average molecular weight is 207 g/mol. The number of nitriles is 1. The van der Waals surface area contributed by atoms with E-state index in [4.69, 9.17) is 10.00 Å². The number of ether oxygens (including phenoxy) is 1. The second kappa shape index (κ2) is 6.36. The Bertz CT molecular complexity index is 288. The lowest BCUT2D eigenvalue weighted by atomic mass is 9.80. The Balaban J connectivity index is 2.64. The molecule has 0 radical (unpaired) electrons. The Morgan fingerprint density at radius 3 is 3.07 bits per heavy atom. The van der Waals surface area contributed by atoms with Gasteiger partial charge in [-0.3, -0.25) is 4.79 Å². The molecule has 0 N–H and O–H groups in total. The van der Waals surface area contributed by atoms with E-state index in [-0.39, 0.29) is 5.92 Å². The zero-order valence-corrected chi connectivity index (χ0v) is 9.16. The van der Waals surface area contributed by atoms with Crippen LogP contribution >= 0.6 is 0 Å². The molecule has 1 atom stereocenters. The number of allylic oxidation sites excluding steroid dienone is 1. The van der Waals surface area contributed by atoms with Crippen molar-refractivity contribution in [1.29, 1.82) is 5.26 Å². The van der Waals surface area contributed by atoms with Crippen molar-refractivity contribution in [3.63, 3.8) is 0 Å². The van der Waals surface area contributed by atoms with Crippen LogP contribution < -0.4 is 0 Å². The van der Waals surface area contributed by atoms with Crippen LogP contribution in [0.2, 0.25) is 0 Å². The first-order chi connectivity index (χ1) is 7.29. The van der Waals surface area contributed by atoms with Gasteiger partial charge in [0.25, 0.3) is 0 Å². The van der Waals surface area contributed by atoms with Crippen molar-refractivity contribution in [3.8, 4) is 6.07 Å². The zero-order chi connectivity index (χ0) is 11.1. The zero-order valence-electron chi connectivity index (χ0n) is 9.16. The Labute approximate surface area is 90.7 Å². The molecule has 3 heteroatoms. The van der Waals surface area contributed by atoms with Gasteiger partial charge in [0.05, 0.1) is 12.7 Å². The molecular weight excluding hydrogens is 190 g/mol. The summed E-state index contributed by atoms with van der Waals surface area (Å²) >= 11 is 0. The van der Waals surface area contributed by atoms with E-state index in [1.807, 2.05) is 6.08 Å². The SMILES string of the molecule is COCC=C1CCCC(=O)C1CCC#N. The maximum absolute atomic E-state index is 11.7. The van der Waals surface area contributed by atoms with Gasteiger partial charge in [0.1, 0.15) is 5.78 Å². The van der Waals surface area contributed by atoms with Crippen molar-refractivity contribution in [2.75, 3.05) is 13.7 Å². The molecule has 0 saturated heterocycles. The number of hydrogen-bond donors (Lipinski definition) is 0. The number of nitrogens with zero attached hydrogens (tertiary/aromatic N) is 1. The van der Waals surface area contributed by atoms with Gasteiger partial charge >= 0.3 is 0 Å². The van der Waals surface area contributed by atoms with Crippen molar-refractivity contribution in [1.82, 2.24) is 0 Å². The van der Waals surface area contributed by atoms with E-state index < -0.39 is 0 Å². The van der Waals surface area contributed by atoms with E-state index in [2.05, 4.69) is 6.07 Å². The van der Waals surface area contributed by atoms with Crippen LogP contribution in [0.15, 0.2) is 11.6 Å². The Kier molecular flexibility index (Phi) is 5.06. The summed E-state index contributed by atoms with van der Waals surface area (Å²) in [5.41, 5.74) is 1.17. The first-order valence-electron chi connectivity index (χ1n) is 5.37. The minimum absolute atomic E-state index is 0.0199. The molecule has 0 aliphatic heterocycles. The molecule has 1 fully saturated rings. The van der Waals surface area contributed by atoms with Crippen LogP contribution in [0.3, 0.4) is 0 Å². The second-order valence-corrected chi connectivity index (χ2v) is 3.80. The second-order valence-electron chi connectivity index (χ2n) is 3.80. The molecule has 1 aliphatic carbocycles. The van der Waals surface area contributed by atoms with Crippen molar-refractivity contribution in [2.45, 2.75) is 32.1 Å². The van der Waals surface area contributed by atoms with E-state index in [1.54, 1.807) is 7.11 Å². The highest BCUT2D eigenvalue weighted by Gasteiger charge is 2.25. The standard InChI is InChI=1S/C12H17NO2/c1-15-9-7-10-4-2-6-12(14)11(10)5-3-8-13/h7,11H,2-6,9H2,1H3. The molecule has 82 valence electrons. The van der Waals surface area contributed by atoms with E-state index in [0.29, 0.717) is 31.7 Å². The predicted octanol–water partition coefficient (Wildman–Crippen LogP) is 2.23. The maximum Gasteiger partial charge on any atom is 0.140 e. The van der Waals surface area contributed by atoms with Gasteiger partial charge in [-0.25, -0.2) is 0 Å². The van der Waals surface area contributed by atoms with E-state index >= 15 is 0 Å². The summed E-state index contributed by atoms with van der Waals surface area (Å²) in [4.78, 5) is 11.7. The highest BCUT2D eigenvalue weighted by Crippen LogP contribution is 2.29. The largest absolute Gasteiger partial charge is 0.381 e. The molecule has 0 aromatic rings. The van der Waals surface area contributed by atoms with Gasteiger partial charge < -0.3 is 4.74 Å². The maximum atomic E-state index is 11.7. The fraction of sp³-hybridized carbons (Fsp3) is 0.667. The monoisotopic (exact) mass is 207 g/mol. The lowest BCUT2D eigenvalue weighted by Gasteiger charge is -2.23. The van der Waals surface area contributed by atoms with Gasteiger partial charge in [0.15, 0.2) is 0 Å². The number of methoxy groups -OCH3 is 1. The molecule has 1 unspecified atom stereocenters. The lowest BCUT2D eigenvalue weighted by Crippen LogP contribution is -2.22. The number of carbonyl (C=O) groups is 1. The summed E-state index contributed by atoms with van der Waals surface area (Å²) in [6, 6.07) is 2.10. The van der Waals surface area contributed by atoms with Crippen LogP contribution in [-0.2, 0) is 9.53 Å². The summed E-state index contributed by atoms with van der Waals surface area (Å²) in [5, 5.41) is 8.54. The Morgan fingerprint density at radius 2 is 2.40 bits per heavy atom. The van der Waals surface area contributed by atoms with Crippen LogP contribution in [0.1, 0.15) is 32.1 Å². The van der Waals surface area contributed by atoms with Crippen LogP contribution in [0.4, 0.5) is 0 Å². The number of Topliss-reactive ketones (excluding diaryl/α,β-unsaturated/α-hetero) is 1. The van der Waals surface area contributed by atoms with Gasteiger partial charge in [0.2, 0.25) is 0 Å². The molecule has 15 heavy (non-hydrogen) atoms. The first kappa shape index (κ1) is 11.9. The summed E-state index contributed by atoms with van der Waals surface area (Å²) in [5.74, 6) is 0.271. The van der Waals surface area contributed by atoms with E-state index in [1.165, 1.54) is 5.57 Å². The third-order valence-corrected chi connectivity index (χ3v) is 2.78. The molecular formula is C12H17NO2. The van der Waals surface area contributed by atoms with Crippen molar-refractivity contribution < 1.29 is 9.53 Å². The fourth-order valence-electron chi connectivity index (χ4n) is 2.01. The minimum Gasteiger partial charge on any atom is -0.381 e. The number of ketones is 1. The fourth-order valence-corrected chi connectivity index (χ4v) is 2.01. The molecule has 0 heterocycles. The molecule has 1 saturated carbocycles. The van der Waals surface area contributed by atoms with Gasteiger partial charge in [0, 0.05) is 25.9 Å². The molecule has 0 aromatic heterocycles. The molecule has 0 bridgehead atoms. The molecule has 0 spiro atoms.